The van der Waals surface area contributed by atoms with Gasteiger partial charge in [0.05, 0.1) is 6.61 Å². The fourth-order valence-corrected chi connectivity index (χ4v) is 3.07. The summed E-state index contributed by atoms with van der Waals surface area (Å²) in [5.41, 5.74) is 1.23. The largest absolute Gasteiger partial charge is 0.494 e. The third-order valence-corrected chi connectivity index (χ3v) is 4.36. The van der Waals surface area contributed by atoms with Gasteiger partial charge in [0.2, 0.25) is 0 Å². The molecule has 1 aliphatic rings. The van der Waals surface area contributed by atoms with Gasteiger partial charge in [-0.25, -0.2) is 0 Å². The summed E-state index contributed by atoms with van der Waals surface area (Å²) in [7, 11) is 0. The normalized spacial score (nSPS) is 22.8. The number of anilines is 1. The fourth-order valence-electron chi connectivity index (χ4n) is 3.07. The van der Waals surface area contributed by atoms with Crippen LogP contribution in [0.15, 0.2) is 24.3 Å². The lowest BCUT2D eigenvalue weighted by molar-refractivity contribution is 0.264. The van der Waals surface area contributed by atoms with E-state index in [1.807, 2.05) is 0 Å². The maximum atomic E-state index is 5.62. The van der Waals surface area contributed by atoms with E-state index in [1.165, 1.54) is 31.4 Å². The molecule has 1 aromatic rings. The molecule has 0 spiro atoms. The Hall–Kier alpha value is -1.18. The summed E-state index contributed by atoms with van der Waals surface area (Å²) in [6, 6.07) is 9.06. The third kappa shape index (κ3) is 4.43. The van der Waals surface area contributed by atoms with E-state index in [1.54, 1.807) is 0 Å². The molecule has 2 unspecified atom stereocenters. The van der Waals surface area contributed by atoms with E-state index in [0.717, 1.165) is 30.6 Å². The lowest BCUT2D eigenvalue weighted by atomic mass is 9.79. The van der Waals surface area contributed by atoms with E-state index in [9.17, 15) is 0 Å². The Kier molecular flexibility index (Phi) is 5.75. The predicted octanol–water partition coefficient (Wildman–Crippen LogP) is 5.10. The molecule has 0 aliphatic heterocycles. The zero-order valence-corrected chi connectivity index (χ0v) is 13.2. The Morgan fingerprint density at radius 3 is 2.60 bits per heavy atom. The van der Waals surface area contributed by atoms with Crippen molar-refractivity contribution in [2.75, 3.05) is 11.9 Å². The van der Waals surface area contributed by atoms with E-state index < -0.39 is 0 Å². The summed E-state index contributed by atoms with van der Waals surface area (Å²) in [6.07, 6.45) is 6.43. The lowest BCUT2D eigenvalue weighted by Gasteiger charge is -2.32. The molecular formula is C18H29NO. The molecular weight excluding hydrogens is 246 g/mol. The second-order valence-electron chi connectivity index (χ2n) is 6.38. The highest BCUT2D eigenvalue weighted by Crippen LogP contribution is 2.31. The van der Waals surface area contributed by atoms with Gasteiger partial charge in [0.15, 0.2) is 0 Å². The second-order valence-corrected chi connectivity index (χ2v) is 6.38. The zero-order valence-electron chi connectivity index (χ0n) is 13.2. The standard InChI is InChI=1S/C18H29NO/c1-4-12-20-18-10-8-16(9-11-18)19-17-7-5-6-15(13-17)14(2)3/h8-11,14-15,17,19H,4-7,12-13H2,1-3H3. The Bertz CT molecular complexity index is 385. The van der Waals surface area contributed by atoms with E-state index >= 15 is 0 Å². The molecule has 2 rings (SSSR count). The van der Waals surface area contributed by atoms with Crippen molar-refractivity contribution in [1.82, 2.24) is 0 Å². The minimum atomic E-state index is 0.638. The fraction of sp³-hybridized carbons (Fsp3) is 0.667. The van der Waals surface area contributed by atoms with Crippen LogP contribution in [0.1, 0.15) is 52.9 Å². The zero-order chi connectivity index (χ0) is 14.4. The van der Waals surface area contributed by atoms with Crippen LogP contribution in [0.25, 0.3) is 0 Å². The first-order chi connectivity index (χ1) is 9.69. The van der Waals surface area contributed by atoms with Gasteiger partial charge in [0.25, 0.3) is 0 Å². The van der Waals surface area contributed by atoms with Crippen molar-refractivity contribution in [3.8, 4) is 5.75 Å². The Morgan fingerprint density at radius 1 is 1.20 bits per heavy atom. The maximum absolute atomic E-state index is 5.62. The van der Waals surface area contributed by atoms with Crippen LogP contribution >= 0.6 is 0 Å². The topological polar surface area (TPSA) is 21.3 Å². The van der Waals surface area contributed by atoms with E-state index in [2.05, 4.69) is 50.4 Å². The molecule has 1 N–H and O–H groups in total. The molecule has 1 saturated carbocycles. The minimum absolute atomic E-state index is 0.638. The van der Waals surface area contributed by atoms with Gasteiger partial charge in [-0.3, -0.25) is 0 Å². The van der Waals surface area contributed by atoms with Crippen molar-refractivity contribution in [2.24, 2.45) is 11.8 Å². The summed E-state index contributed by atoms with van der Waals surface area (Å²) in [6.45, 7) is 7.63. The van der Waals surface area contributed by atoms with Gasteiger partial charge in [-0.05, 0) is 55.4 Å². The lowest BCUT2D eigenvalue weighted by Crippen LogP contribution is -2.29. The molecule has 1 fully saturated rings. The van der Waals surface area contributed by atoms with Crippen LogP contribution in [0.5, 0.6) is 5.75 Å². The molecule has 0 saturated heterocycles. The number of hydrogen-bond acceptors (Lipinski definition) is 2. The second kappa shape index (κ2) is 7.56. The molecule has 2 atom stereocenters. The van der Waals surface area contributed by atoms with Gasteiger partial charge in [-0.15, -0.1) is 0 Å². The molecule has 0 amide bonds. The smallest absolute Gasteiger partial charge is 0.119 e. The van der Waals surface area contributed by atoms with Crippen LogP contribution in [0, 0.1) is 11.8 Å². The number of nitrogens with one attached hydrogen (secondary N) is 1. The van der Waals surface area contributed by atoms with Crippen LogP contribution in [0.2, 0.25) is 0 Å². The Balaban J connectivity index is 1.86. The van der Waals surface area contributed by atoms with Crippen LogP contribution < -0.4 is 10.1 Å². The summed E-state index contributed by atoms with van der Waals surface area (Å²) >= 11 is 0. The van der Waals surface area contributed by atoms with Crippen LogP contribution in [-0.4, -0.2) is 12.6 Å². The highest BCUT2D eigenvalue weighted by Gasteiger charge is 2.23. The molecule has 20 heavy (non-hydrogen) atoms. The molecule has 1 aromatic carbocycles. The molecule has 1 aliphatic carbocycles. The van der Waals surface area contributed by atoms with Crippen molar-refractivity contribution in [3.05, 3.63) is 24.3 Å². The molecule has 0 heterocycles. The van der Waals surface area contributed by atoms with E-state index in [-0.39, 0.29) is 0 Å². The average Bonchev–Trinajstić information content (AvgIpc) is 2.47. The van der Waals surface area contributed by atoms with Crippen LogP contribution in [0.3, 0.4) is 0 Å². The van der Waals surface area contributed by atoms with Gasteiger partial charge < -0.3 is 10.1 Å². The first-order valence-electron chi connectivity index (χ1n) is 8.18. The number of benzene rings is 1. The Morgan fingerprint density at radius 2 is 1.95 bits per heavy atom. The van der Waals surface area contributed by atoms with E-state index in [0.29, 0.717) is 6.04 Å². The van der Waals surface area contributed by atoms with Crippen molar-refractivity contribution in [1.29, 1.82) is 0 Å². The highest BCUT2D eigenvalue weighted by molar-refractivity contribution is 5.47. The van der Waals surface area contributed by atoms with Crippen LogP contribution in [-0.2, 0) is 0 Å². The van der Waals surface area contributed by atoms with Gasteiger partial charge in [-0.1, -0.05) is 33.6 Å². The third-order valence-electron chi connectivity index (χ3n) is 4.36. The first-order valence-corrected chi connectivity index (χ1v) is 8.18. The summed E-state index contributed by atoms with van der Waals surface area (Å²) < 4.78 is 5.62. The molecule has 0 bridgehead atoms. The average molecular weight is 275 g/mol. The first kappa shape index (κ1) is 15.2. The SMILES string of the molecule is CCCOc1ccc(NC2CCCC(C(C)C)C2)cc1. The maximum Gasteiger partial charge on any atom is 0.119 e. The van der Waals surface area contributed by atoms with Crippen molar-refractivity contribution < 1.29 is 4.74 Å². The van der Waals surface area contributed by atoms with Crippen molar-refractivity contribution >= 4 is 5.69 Å². The summed E-state index contributed by atoms with van der Waals surface area (Å²) in [5.74, 6) is 2.67. The van der Waals surface area contributed by atoms with Gasteiger partial charge >= 0.3 is 0 Å². The monoisotopic (exact) mass is 275 g/mol. The van der Waals surface area contributed by atoms with E-state index in [4.69, 9.17) is 4.74 Å². The van der Waals surface area contributed by atoms with Gasteiger partial charge in [0, 0.05) is 11.7 Å². The molecule has 112 valence electrons. The van der Waals surface area contributed by atoms with Gasteiger partial charge in [-0.2, -0.15) is 0 Å². The molecule has 0 aromatic heterocycles. The minimum Gasteiger partial charge on any atom is -0.494 e. The summed E-state index contributed by atoms with van der Waals surface area (Å²) in [5, 5.41) is 3.69. The predicted molar refractivity (Wildman–Crippen MR) is 86.4 cm³/mol. The summed E-state index contributed by atoms with van der Waals surface area (Å²) in [4.78, 5) is 0. The quantitative estimate of drug-likeness (QED) is 0.779. The number of ether oxygens (including phenoxy) is 1. The van der Waals surface area contributed by atoms with Gasteiger partial charge in [0.1, 0.15) is 5.75 Å². The molecule has 2 heteroatoms. The van der Waals surface area contributed by atoms with Crippen LogP contribution in [0.4, 0.5) is 5.69 Å². The van der Waals surface area contributed by atoms with Crippen molar-refractivity contribution in [3.63, 3.8) is 0 Å². The molecule has 0 radical (unpaired) electrons. The number of rotatable bonds is 6. The van der Waals surface area contributed by atoms with Crippen molar-refractivity contribution in [2.45, 2.75) is 58.9 Å². The highest BCUT2D eigenvalue weighted by atomic mass is 16.5. The number of hydrogen-bond donors (Lipinski definition) is 1. The Labute approximate surface area is 123 Å². The molecule has 2 nitrogen and oxygen atoms in total.